The van der Waals surface area contributed by atoms with Crippen LogP contribution in [0.2, 0.25) is 0 Å². The van der Waals surface area contributed by atoms with Gasteiger partial charge in [0.1, 0.15) is 5.82 Å². The monoisotopic (exact) mass is 328 g/mol. The van der Waals surface area contributed by atoms with E-state index in [1.165, 1.54) is 17.5 Å². The molecule has 0 bridgehead atoms. The Balaban J connectivity index is 2.84. The molecule has 0 unspecified atom stereocenters. The van der Waals surface area contributed by atoms with Crippen LogP contribution in [-0.4, -0.2) is 0 Å². The average molecular weight is 328 g/mol. The molecule has 0 atom stereocenters. The van der Waals surface area contributed by atoms with Gasteiger partial charge in [0.25, 0.3) is 6.43 Å². The van der Waals surface area contributed by atoms with Crippen LogP contribution in [-0.2, 0) is 0 Å². The fraction of sp³-hybridized carbons (Fsp3) is 0.111. The molecule has 0 N–H and O–H groups in total. The predicted octanol–water partition coefficient (Wildman–Crippen LogP) is 4.58. The Kier molecular flexibility index (Phi) is 2.70. The number of benzene rings is 1. The lowest BCUT2D eigenvalue weighted by Crippen LogP contribution is -1.84. The zero-order valence-corrected chi connectivity index (χ0v) is 9.70. The maximum Gasteiger partial charge on any atom is 0.265 e. The number of fused-ring (bicyclic) bond motifs is 1. The minimum Gasteiger partial charge on any atom is -0.205 e. The van der Waals surface area contributed by atoms with Gasteiger partial charge in [-0.2, -0.15) is 0 Å². The fourth-order valence-electron chi connectivity index (χ4n) is 1.26. The molecule has 0 amide bonds. The summed E-state index contributed by atoms with van der Waals surface area (Å²) in [7, 11) is 0. The standard InChI is InChI=1S/C9H4F3IS/c10-5-1-2-6(13)7-4(9(11)12)3-14-8(5)7/h1-3,9H. The van der Waals surface area contributed by atoms with Gasteiger partial charge in [-0.1, -0.05) is 0 Å². The van der Waals surface area contributed by atoms with Gasteiger partial charge in [-0.3, -0.25) is 0 Å². The third kappa shape index (κ3) is 1.52. The zero-order chi connectivity index (χ0) is 10.3. The number of hydrogen-bond donors (Lipinski definition) is 0. The summed E-state index contributed by atoms with van der Waals surface area (Å²) in [5.74, 6) is -0.433. The van der Waals surface area contributed by atoms with Crippen molar-refractivity contribution in [2.75, 3.05) is 0 Å². The van der Waals surface area contributed by atoms with Gasteiger partial charge in [0, 0.05) is 19.9 Å². The van der Waals surface area contributed by atoms with E-state index < -0.39 is 12.2 Å². The van der Waals surface area contributed by atoms with E-state index in [2.05, 4.69) is 0 Å². The van der Waals surface area contributed by atoms with E-state index in [1.54, 1.807) is 0 Å². The molecule has 5 heteroatoms. The van der Waals surface area contributed by atoms with Crippen LogP contribution in [0.5, 0.6) is 0 Å². The van der Waals surface area contributed by atoms with Gasteiger partial charge < -0.3 is 0 Å². The van der Waals surface area contributed by atoms with E-state index in [0.29, 0.717) is 13.7 Å². The SMILES string of the molecule is Fc1ccc(I)c2c(C(F)F)csc12. The number of alkyl halides is 2. The summed E-state index contributed by atoms with van der Waals surface area (Å²) >= 11 is 2.96. The van der Waals surface area contributed by atoms with Gasteiger partial charge in [-0.15, -0.1) is 11.3 Å². The number of rotatable bonds is 1. The first-order valence-corrected chi connectivity index (χ1v) is 5.70. The van der Waals surface area contributed by atoms with Crippen molar-refractivity contribution in [3.8, 4) is 0 Å². The van der Waals surface area contributed by atoms with Crippen molar-refractivity contribution >= 4 is 44.0 Å². The maximum atomic E-state index is 13.2. The van der Waals surface area contributed by atoms with Crippen molar-refractivity contribution in [1.29, 1.82) is 0 Å². The van der Waals surface area contributed by atoms with Gasteiger partial charge in [-0.25, -0.2) is 13.2 Å². The molecule has 1 aromatic carbocycles. The Morgan fingerprint density at radius 3 is 2.64 bits per heavy atom. The van der Waals surface area contributed by atoms with Gasteiger partial charge in [0.2, 0.25) is 0 Å². The van der Waals surface area contributed by atoms with Crippen LogP contribution in [0.25, 0.3) is 10.1 Å². The molecule has 74 valence electrons. The van der Waals surface area contributed by atoms with Crippen LogP contribution < -0.4 is 0 Å². The summed E-state index contributed by atoms with van der Waals surface area (Å²) in [6.45, 7) is 0. The quantitative estimate of drug-likeness (QED) is 0.672. The van der Waals surface area contributed by atoms with Crippen molar-refractivity contribution in [3.05, 3.63) is 32.5 Å². The topological polar surface area (TPSA) is 0 Å². The number of halogens is 4. The van der Waals surface area contributed by atoms with Crippen molar-refractivity contribution in [2.45, 2.75) is 6.43 Å². The minimum atomic E-state index is -2.54. The summed E-state index contributed by atoms with van der Waals surface area (Å²) in [5.41, 5.74) is -0.0751. The van der Waals surface area contributed by atoms with E-state index in [-0.39, 0.29) is 5.56 Å². The van der Waals surface area contributed by atoms with Crippen molar-refractivity contribution < 1.29 is 13.2 Å². The molecule has 0 saturated heterocycles. The van der Waals surface area contributed by atoms with Gasteiger partial charge in [0.15, 0.2) is 0 Å². The largest absolute Gasteiger partial charge is 0.265 e. The predicted molar refractivity (Wildman–Crippen MR) is 59.5 cm³/mol. The van der Waals surface area contributed by atoms with Gasteiger partial charge in [0.05, 0.1) is 4.70 Å². The molecular formula is C9H4F3IS. The zero-order valence-electron chi connectivity index (χ0n) is 6.73. The Hall–Kier alpha value is -0.300. The molecule has 0 fully saturated rings. The summed E-state index contributed by atoms with van der Waals surface area (Å²) in [5, 5.41) is 1.67. The first kappa shape index (κ1) is 10.2. The van der Waals surface area contributed by atoms with Crippen LogP contribution in [0.4, 0.5) is 13.2 Å². The first-order chi connectivity index (χ1) is 6.61. The molecule has 0 aliphatic carbocycles. The fourth-order valence-corrected chi connectivity index (χ4v) is 3.20. The van der Waals surface area contributed by atoms with Crippen LogP contribution in [0.3, 0.4) is 0 Å². The van der Waals surface area contributed by atoms with Gasteiger partial charge in [-0.05, 0) is 34.7 Å². The normalized spacial score (nSPS) is 11.5. The molecule has 1 heterocycles. The molecule has 0 aliphatic heterocycles. The molecule has 0 radical (unpaired) electrons. The second kappa shape index (κ2) is 3.69. The highest BCUT2D eigenvalue weighted by Gasteiger charge is 2.17. The third-order valence-electron chi connectivity index (χ3n) is 1.89. The second-order valence-corrected chi connectivity index (χ2v) is 4.77. The van der Waals surface area contributed by atoms with E-state index in [1.807, 2.05) is 22.6 Å². The average Bonchev–Trinajstić information content (AvgIpc) is 2.56. The Labute approximate surface area is 95.9 Å². The van der Waals surface area contributed by atoms with Crippen LogP contribution >= 0.6 is 33.9 Å². The lowest BCUT2D eigenvalue weighted by Gasteiger charge is -2.00. The van der Waals surface area contributed by atoms with Crippen LogP contribution in [0.1, 0.15) is 12.0 Å². The Morgan fingerprint density at radius 2 is 2.00 bits per heavy atom. The molecule has 14 heavy (non-hydrogen) atoms. The molecule has 2 rings (SSSR count). The minimum absolute atomic E-state index is 0.0751. The number of hydrogen-bond acceptors (Lipinski definition) is 1. The smallest absolute Gasteiger partial charge is 0.205 e. The van der Waals surface area contributed by atoms with E-state index in [9.17, 15) is 13.2 Å². The first-order valence-electron chi connectivity index (χ1n) is 3.74. The highest BCUT2D eigenvalue weighted by molar-refractivity contribution is 14.1. The van der Waals surface area contributed by atoms with Crippen LogP contribution in [0.15, 0.2) is 17.5 Å². The summed E-state index contributed by atoms with van der Waals surface area (Å²) in [6.07, 6.45) is -2.54. The van der Waals surface area contributed by atoms with Crippen molar-refractivity contribution in [3.63, 3.8) is 0 Å². The highest BCUT2D eigenvalue weighted by atomic mass is 127. The Morgan fingerprint density at radius 1 is 1.29 bits per heavy atom. The lowest BCUT2D eigenvalue weighted by molar-refractivity contribution is 0.153. The maximum absolute atomic E-state index is 13.2. The molecule has 0 aliphatic rings. The molecular weight excluding hydrogens is 324 g/mol. The summed E-state index contributed by atoms with van der Waals surface area (Å²) in [6, 6.07) is 2.81. The summed E-state index contributed by atoms with van der Waals surface area (Å²) < 4.78 is 39.2. The molecule has 0 saturated carbocycles. The van der Waals surface area contributed by atoms with Crippen molar-refractivity contribution in [2.24, 2.45) is 0 Å². The second-order valence-electron chi connectivity index (χ2n) is 2.73. The van der Waals surface area contributed by atoms with Crippen molar-refractivity contribution in [1.82, 2.24) is 0 Å². The molecule has 0 nitrogen and oxygen atoms in total. The molecule has 0 spiro atoms. The Bertz CT molecular complexity index is 478. The van der Waals surface area contributed by atoms with E-state index in [0.717, 1.165) is 11.3 Å². The number of thiophene rings is 1. The highest BCUT2D eigenvalue weighted by Crippen LogP contribution is 2.36. The third-order valence-corrected chi connectivity index (χ3v) is 3.79. The van der Waals surface area contributed by atoms with Crippen LogP contribution in [0, 0.1) is 9.39 Å². The molecule has 2 aromatic rings. The lowest BCUT2D eigenvalue weighted by atomic mass is 10.2. The summed E-state index contributed by atoms with van der Waals surface area (Å²) in [4.78, 5) is 0. The van der Waals surface area contributed by atoms with Gasteiger partial charge >= 0.3 is 0 Å². The van der Waals surface area contributed by atoms with E-state index in [4.69, 9.17) is 0 Å². The molecule has 1 aromatic heterocycles. The van der Waals surface area contributed by atoms with E-state index >= 15 is 0 Å².